The molecule has 0 amide bonds. The lowest BCUT2D eigenvalue weighted by Crippen LogP contribution is -2.57. The highest BCUT2D eigenvalue weighted by atomic mass is 16.6. The maximum absolute atomic E-state index is 12.5. The van der Waals surface area contributed by atoms with Gasteiger partial charge in [0.1, 0.15) is 23.6 Å². The molecule has 24 heavy (non-hydrogen) atoms. The monoisotopic (exact) mass is 328 g/mol. The van der Waals surface area contributed by atoms with E-state index in [9.17, 15) is 9.59 Å². The first-order valence-corrected chi connectivity index (χ1v) is 9.49. The van der Waals surface area contributed by atoms with Crippen molar-refractivity contribution in [1.82, 2.24) is 0 Å². The Morgan fingerprint density at radius 1 is 1.17 bits per heavy atom. The predicted octanol–water partition coefficient (Wildman–Crippen LogP) is 2.45. The summed E-state index contributed by atoms with van der Waals surface area (Å²) in [5.74, 6) is 2.14. The van der Waals surface area contributed by atoms with Crippen molar-refractivity contribution in [2.45, 2.75) is 63.8 Å². The molecule has 0 aromatic carbocycles. The van der Waals surface area contributed by atoms with Gasteiger partial charge in [0.05, 0.1) is 6.61 Å². The number of ether oxygens (including phenoxy) is 2. The third-order valence-electron chi connectivity index (χ3n) is 8.70. The van der Waals surface area contributed by atoms with Crippen LogP contribution in [0.25, 0.3) is 0 Å². The summed E-state index contributed by atoms with van der Waals surface area (Å²) >= 11 is 0. The number of carbonyl (C=O) groups is 2. The molecule has 2 saturated heterocycles. The third kappa shape index (κ3) is 1.38. The van der Waals surface area contributed by atoms with Crippen LogP contribution in [0, 0.1) is 28.6 Å². The number of carbonyl (C=O) groups excluding carboxylic acids is 2. The molecule has 4 nitrogen and oxygen atoms in total. The maximum Gasteiger partial charge on any atom is 0.187 e. The van der Waals surface area contributed by atoms with Gasteiger partial charge < -0.3 is 9.47 Å². The van der Waals surface area contributed by atoms with Crippen molar-refractivity contribution in [2.75, 3.05) is 6.61 Å². The molecule has 4 unspecified atom stereocenters. The van der Waals surface area contributed by atoms with Crippen molar-refractivity contribution in [1.29, 1.82) is 0 Å². The summed E-state index contributed by atoms with van der Waals surface area (Å²) < 4.78 is 11.8. The van der Waals surface area contributed by atoms with E-state index in [1.165, 1.54) is 5.57 Å². The van der Waals surface area contributed by atoms with Crippen LogP contribution in [0.4, 0.5) is 0 Å². The molecule has 0 radical (unpaired) electrons. The first-order valence-electron chi connectivity index (χ1n) is 9.49. The number of Topliss-reactive ketones (excluding diaryl/α,β-unsaturated/α-hetero) is 1. The summed E-state index contributed by atoms with van der Waals surface area (Å²) in [7, 11) is 0. The van der Waals surface area contributed by atoms with Gasteiger partial charge in [0, 0.05) is 17.3 Å². The second kappa shape index (κ2) is 3.88. The standard InChI is InChI=1S/C20H24O4/c1-18-6-5-12-10(11(18)3-4-15(18)22)8-20(9-23-20)14-7-13(21)16-17(24-16)19(12,14)2/h7,10-12,16-17H,3-6,8-9H2,1-2H3/t10?,11?,12?,16-,17-,18+,19-,20?/m1/s1. The molecular weight excluding hydrogens is 304 g/mol. The Morgan fingerprint density at radius 2 is 1.96 bits per heavy atom. The van der Waals surface area contributed by atoms with E-state index in [1.54, 1.807) is 0 Å². The molecule has 6 aliphatic rings. The average molecular weight is 328 g/mol. The van der Waals surface area contributed by atoms with Gasteiger partial charge in [-0.15, -0.1) is 0 Å². The summed E-state index contributed by atoms with van der Waals surface area (Å²) in [5.41, 5.74) is 0.786. The van der Waals surface area contributed by atoms with E-state index in [0.717, 1.165) is 38.7 Å². The van der Waals surface area contributed by atoms with Crippen LogP contribution in [-0.4, -0.2) is 36.0 Å². The van der Waals surface area contributed by atoms with E-state index in [1.807, 2.05) is 6.08 Å². The molecule has 0 N–H and O–H groups in total. The van der Waals surface area contributed by atoms with Gasteiger partial charge in [-0.3, -0.25) is 9.59 Å². The van der Waals surface area contributed by atoms with E-state index in [2.05, 4.69) is 13.8 Å². The molecule has 2 heterocycles. The second-order valence-electron chi connectivity index (χ2n) is 9.50. The summed E-state index contributed by atoms with van der Waals surface area (Å²) in [4.78, 5) is 24.8. The topological polar surface area (TPSA) is 59.2 Å². The second-order valence-corrected chi connectivity index (χ2v) is 9.50. The van der Waals surface area contributed by atoms with E-state index in [0.29, 0.717) is 23.5 Å². The Hall–Kier alpha value is -1.00. The number of ketones is 2. The lowest BCUT2D eigenvalue weighted by atomic mass is 9.45. The van der Waals surface area contributed by atoms with E-state index in [4.69, 9.17) is 9.47 Å². The number of hydrogen-bond acceptors (Lipinski definition) is 4. The molecule has 4 heteroatoms. The SMILES string of the molecule is C[C@@]12C(=CC(=O)[C@H]3O[C@H]31)C1(CO1)CC1C2CC[C@]2(C)C(=O)CCC12. The lowest BCUT2D eigenvalue weighted by molar-refractivity contribution is -0.133. The van der Waals surface area contributed by atoms with Crippen molar-refractivity contribution in [3.63, 3.8) is 0 Å². The molecular formula is C20H24O4. The van der Waals surface area contributed by atoms with Gasteiger partial charge in [-0.05, 0) is 55.1 Å². The molecule has 8 atom stereocenters. The highest BCUT2D eigenvalue weighted by molar-refractivity contribution is 5.99. The molecule has 0 bridgehead atoms. The lowest BCUT2D eigenvalue weighted by Gasteiger charge is -2.57. The molecule has 6 rings (SSSR count). The van der Waals surface area contributed by atoms with Crippen LogP contribution in [0.1, 0.15) is 46.0 Å². The largest absolute Gasteiger partial charge is 0.365 e. The van der Waals surface area contributed by atoms with E-state index >= 15 is 0 Å². The molecule has 1 spiro atoms. The highest BCUT2D eigenvalue weighted by Gasteiger charge is 2.74. The Balaban J connectivity index is 1.49. The van der Waals surface area contributed by atoms with Gasteiger partial charge >= 0.3 is 0 Å². The van der Waals surface area contributed by atoms with Gasteiger partial charge in [0.2, 0.25) is 0 Å². The Kier molecular flexibility index (Phi) is 2.30. The van der Waals surface area contributed by atoms with Crippen molar-refractivity contribution in [2.24, 2.45) is 28.6 Å². The first-order chi connectivity index (χ1) is 11.4. The van der Waals surface area contributed by atoms with Gasteiger partial charge in [-0.1, -0.05) is 13.8 Å². The molecule has 128 valence electrons. The van der Waals surface area contributed by atoms with Crippen LogP contribution in [0.15, 0.2) is 11.6 Å². The first kappa shape index (κ1) is 14.2. The van der Waals surface area contributed by atoms with Gasteiger partial charge in [0.25, 0.3) is 0 Å². The van der Waals surface area contributed by atoms with E-state index < -0.39 is 0 Å². The van der Waals surface area contributed by atoms with Crippen LogP contribution in [0.3, 0.4) is 0 Å². The zero-order valence-electron chi connectivity index (χ0n) is 14.3. The molecule has 3 saturated carbocycles. The van der Waals surface area contributed by atoms with Crippen molar-refractivity contribution in [3.8, 4) is 0 Å². The molecule has 2 aliphatic heterocycles. The van der Waals surface area contributed by atoms with Crippen LogP contribution in [-0.2, 0) is 19.1 Å². The molecule has 5 fully saturated rings. The van der Waals surface area contributed by atoms with Crippen LogP contribution >= 0.6 is 0 Å². The number of rotatable bonds is 0. The number of hydrogen-bond donors (Lipinski definition) is 0. The predicted molar refractivity (Wildman–Crippen MR) is 85.2 cm³/mol. The van der Waals surface area contributed by atoms with Crippen LogP contribution < -0.4 is 0 Å². The zero-order chi connectivity index (χ0) is 16.5. The van der Waals surface area contributed by atoms with Crippen molar-refractivity contribution >= 4 is 11.6 Å². The quantitative estimate of drug-likeness (QED) is 0.641. The van der Waals surface area contributed by atoms with E-state index in [-0.39, 0.29) is 34.4 Å². The van der Waals surface area contributed by atoms with Gasteiger partial charge in [-0.2, -0.15) is 0 Å². The number of fused-ring (bicyclic) bond motifs is 8. The van der Waals surface area contributed by atoms with Gasteiger partial charge in [-0.25, -0.2) is 0 Å². The number of epoxide rings is 2. The van der Waals surface area contributed by atoms with Gasteiger partial charge in [0.15, 0.2) is 5.78 Å². The van der Waals surface area contributed by atoms with Crippen LogP contribution in [0.2, 0.25) is 0 Å². The Morgan fingerprint density at radius 3 is 2.71 bits per heavy atom. The minimum atomic E-state index is -0.230. The normalized spacial score (nSPS) is 60.1. The van der Waals surface area contributed by atoms with Crippen molar-refractivity contribution in [3.05, 3.63) is 11.6 Å². The Labute approximate surface area is 141 Å². The maximum atomic E-state index is 12.5. The summed E-state index contributed by atoms with van der Waals surface area (Å²) in [5, 5.41) is 0. The molecule has 0 aromatic heterocycles. The Bertz CT molecular complexity index is 719. The average Bonchev–Trinajstić information content (AvgIpc) is 3.44. The summed E-state index contributed by atoms with van der Waals surface area (Å²) in [6.07, 6.45) is 6.55. The van der Waals surface area contributed by atoms with Crippen LogP contribution in [0.5, 0.6) is 0 Å². The zero-order valence-corrected chi connectivity index (χ0v) is 14.3. The highest BCUT2D eigenvalue weighted by Crippen LogP contribution is 2.71. The fraction of sp³-hybridized carbons (Fsp3) is 0.800. The summed E-state index contributed by atoms with van der Waals surface area (Å²) in [6, 6.07) is 0. The van der Waals surface area contributed by atoms with Crippen molar-refractivity contribution < 1.29 is 19.1 Å². The molecule has 0 aromatic rings. The minimum absolute atomic E-state index is 0.0420. The fourth-order valence-corrected chi connectivity index (χ4v) is 7.29. The minimum Gasteiger partial charge on any atom is -0.365 e. The summed E-state index contributed by atoms with van der Waals surface area (Å²) in [6.45, 7) is 5.26. The fourth-order valence-electron chi connectivity index (χ4n) is 7.29. The smallest absolute Gasteiger partial charge is 0.187 e. The third-order valence-corrected chi connectivity index (χ3v) is 8.70. The molecule has 4 aliphatic carbocycles.